The number of halogens is 1. The minimum absolute atomic E-state index is 0.0674. The maximum Gasteiger partial charge on any atom is 0.261 e. The molecular formula is C19H21BrN4O2S. The Kier molecular flexibility index (Phi) is 5.21. The summed E-state index contributed by atoms with van der Waals surface area (Å²) >= 11 is 4.94. The van der Waals surface area contributed by atoms with Crippen LogP contribution >= 0.6 is 27.3 Å². The van der Waals surface area contributed by atoms with Crippen molar-refractivity contribution in [2.24, 2.45) is 0 Å². The van der Waals surface area contributed by atoms with Gasteiger partial charge in [0.05, 0.1) is 11.0 Å². The number of nitrogens with one attached hydrogen (secondary N) is 1. The first-order valence-electron chi connectivity index (χ1n) is 8.88. The van der Waals surface area contributed by atoms with Gasteiger partial charge in [-0.15, -0.1) is 11.3 Å². The highest BCUT2D eigenvalue weighted by Gasteiger charge is 2.21. The number of amides is 1. The third-order valence-electron chi connectivity index (χ3n) is 4.54. The lowest BCUT2D eigenvalue weighted by atomic mass is 10.2. The second-order valence-corrected chi connectivity index (χ2v) is 8.71. The Morgan fingerprint density at radius 2 is 2.19 bits per heavy atom. The first kappa shape index (κ1) is 18.5. The monoisotopic (exact) mass is 448 g/mol. The lowest BCUT2D eigenvalue weighted by Gasteiger charge is -2.15. The molecule has 1 amide bonds. The number of carbonyl (C=O) groups is 1. The maximum absolute atomic E-state index is 12.6. The van der Waals surface area contributed by atoms with Crippen LogP contribution in [0.3, 0.4) is 0 Å². The van der Waals surface area contributed by atoms with Crippen LogP contribution in [0.4, 0.5) is 5.95 Å². The van der Waals surface area contributed by atoms with Gasteiger partial charge in [0.25, 0.3) is 5.91 Å². The Hall–Kier alpha value is -1.90. The molecule has 0 aliphatic carbocycles. The van der Waals surface area contributed by atoms with Crippen LogP contribution in [0, 0.1) is 0 Å². The highest BCUT2D eigenvalue weighted by Crippen LogP contribution is 2.33. The van der Waals surface area contributed by atoms with E-state index in [1.54, 1.807) is 0 Å². The zero-order valence-electron chi connectivity index (χ0n) is 15.2. The highest BCUT2D eigenvalue weighted by atomic mass is 79.9. The van der Waals surface area contributed by atoms with Crippen LogP contribution in [0.5, 0.6) is 0 Å². The minimum Gasteiger partial charge on any atom is -0.376 e. The summed E-state index contributed by atoms with van der Waals surface area (Å²) in [4.78, 5) is 20.9. The molecular weight excluding hydrogens is 428 g/mol. The topological polar surface area (TPSA) is 59.4 Å². The van der Waals surface area contributed by atoms with Crippen LogP contribution in [0.2, 0.25) is 0 Å². The number of ether oxygens (including phenoxy) is 1. The van der Waals surface area contributed by atoms with E-state index in [2.05, 4.69) is 25.8 Å². The van der Waals surface area contributed by atoms with E-state index in [1.807, 2.05) is 49.3 Å². The molecule has 3 aromatic rings. The fourth-order valence-electron chi connectivity index (χ4n) is 3.19. The number of benzene rings is 1. The summed E-state index contributed by atoms with van der Waals surface area (Å²) < 4.78 is 8.68. The maximum atomic E-state index is 12.6. The van der Waals surface area contributed by atoms with Crippen molar-refractivity contribution >= 4 is 49.5 Å². The van der Waals surface area contributed by atoms with Crippen LogP contribution in [0.1, 0.15) is 22.5 Å². The number of rotatable bonds is 5. The summed E-state index contributed by atoms with van der Waals surface area (Å²) in [7, 11) is 3.94. The number of fused-ring (bicyclic) bond motifs is 1. The van der Waals surface area contributed by atoms with Crippen molar-refractivity contribution in [1.82, 2.24) is 14.9 Å². The zero-order valence-corrected chi connectivity index (χ0v) is 17.6. The molecule has 4 rings (SSSR count). The molecule has 1 atom stereocenters. The van der Waals surface area contributed by atoms with Gasteiger partial charge in [-0.05, 0) is 43.2 Å². The number of hydrogen-bond acceptors (Lipinski definition) is 5. The van der Waals surface area contributed by atoms with Crippen LogP contribution < -0.4 is 10.2 Å². The Balaban J connectivity index is 1.65. The zero-order chi connectivity index (χ0) is 19.0. The lowest BCUT2D eigenvalue weighted by Crippen LogP contribution is -2.31. The van der Waals surface area contributed by atoms with E-state index in [1.165, 1.54) is 11.3 Å². The smallest absolute Gasteiger partial charge is 0.261 e. The van der Waals surface area contributed by atoms with E-state index in [4.69, 9.17) is 9.72 Å². The molecule has 27 heavy (non-hydrogen) atoms. The Bertz CT molecular complexity index is 958. The second-order valence-electron chi connectivity index (χ2n) is 6.76. The fourth-order valence-corrected chi connectivity index (χ4v) is 4.49. The first-order valence-corrected chi connectivity index (χ1v) is 10.5. The predicted octanol–water partition coefficient (Wildman–Crippen LogP) is 3.82. The number of imidazole rings is 1. The highest BCUT2D eigenvalue weighted by molar-refractivity contribution is 9.10. The fraction of sp³-hybridized carbons (Fsp3) is 0.368. The molecule has 8 heteroatoms. The van der Waals surface area contributed by atoms with Crippen molar-refractivity contribution in [2.75, 3.05) is 32.1 Å². The Morgan fingerprint density at radius 1 is 1.41 bits per heavy atom. The molecule has 0 saturated carbocycles. The number of aromatic nitrogens is 2. The summed E-state index contributed by atoms with van der Waals surface area (Å²) in [5.74, 6) is 0.771. The standard InChI is InChI=1S/C19H21BrN4O2S/c1-23(2)19-22-15-10-16(17(25)21-11-14-4-3-9-26-14)27-18(15)24(19)13-7-5-12(20)6-8-13/h5-8,10,14H,3-4,9,11H2,1-2H3,(H,21,25)/t14-/m1/s1. The van der Waals surface area contributed by atoms with E-state index in [-0.39, 0.29) is 12.0 Å². The van der Waals surface area contributed by atoms with Crippen molar-refractivity contribution in [2.45, 2.75) is 18.9 Å². The summed E-state index contributed by atoms with van der Waals surface area (Å²) in [6, 6.07) is 9.95. The molecule has 1 aliphatic rings. The molecule has 0 bridgehead atoms. The van der Waals surface area contributed by atoms with Gasteiger partial charge in [-0.3, -0.25) is 9.36 Å². The molecule has 0 unspecified atom stereocenters. The number of nitrogens with zero attached hydrogens (tertiary/aromatic N) is 3. The molecule has 0 radical (unpaired) electrons. The number of thiophene rings is 1. The van der Waals surface area contributed by atoms with Crippen molar-refractivity contribution in [3.05, 3.63) is 39.7 Å². The average Bonchev–Trinajstić information content (AvgIpc) is 3.36. The van der Waals surface area contributed by atoms with Gasteiger partial charge < -0.3 is 15.0 Å². The van der Waals surface area contributed by atoms with Gasteiger partial charge >= 0.3 is 0 Å². The molecule has 6 nitrogen and oxygen atoms in total. The first-order chi connectivity index (χ1) is 13.0. The summed E-state index contributed by atoms with van der Waals surface area (Å²) in [6.07, 6.45) is 2.21. The summed E-state index contributed by atoms with van der Waals surface area (Å²) in [5, 5.41) is 2.99. The van der Waals surface area contributed by atoms with E-state index in [0.29, 0.717) is 11.4 Å². The molecule has 1 aromatic carbocycles. The van der Waals surface area contributed by atoms with E-state index >= 15 is 0 Å². The Labute approximate surface area is 170 Å². The van der Waals surface area contributed by atoms with Gasteiger partial charge in [0, 0.05) is 37.4 Å². The van der Waals surface area contributed by atoms with Crippen LogP contribution in [0.25, 0.3) is 16.0 Å². The number of hydrogen-bond donors (Lipinski definition) is 1. The average molecular weight is 449 g/mol. The molecule has 2 aromatic heterocycles. The predicted molar refractivity (Wildman–Crippen MR) is 112 cm³/mol. The molecule has 1 N–H and O–H groups in total. The van der Waals surface area contributed by atoms with E-state index in [0.717, 1.165) is 45.9 Å². The van der Waals surface area contributed by atoms with Gasteiger partial charge in [0.15, 0.2) is 0 Å². The molecule has 1 fully saturated rings. The van der Waals surface area contributed by atoms with E-state index in [9.17, 15) is 4.79 Å². The SMILES string of the molecule is CN(C)c1nc2cc(C(=O)NC[C@H]3CCCO3)sc2n1-c1ccc(Br)cc1. The molecule has 3 heterocycles. The van der Waals surface area contributed by atoms with Crippen molar-refractivity contribution in [3.63, 3.8) is 0 Å². The lowest BCUT2D eigenvalue weighted by molar-refractivity contribution is 0.0861. The van der Waals surface area contributed by atoms with Gasteiger partial charge in [-0.2, -0.15) is 0 Å². The van der Waals surface area contributed by atoms with Crippen molar-refractivity contribution in [3.8, 4) is 5.69 Å². The van der Waals surface area contributed by atoms with Gasteiger partial charge in [0.2, 0.25) is 5.95 Å². The number of anilines is 1. The normalized spacial score (nSPS) is 16.8. The van der Waals surface area contributed by atoms with Crippen molar-refractivity contribution < 1.29 is 9.53 Å². The quantitative estimate of drug-likeness (QED) is 0.644. The van der Waals surface area contributed by atoms with Crippen LogP contribution in [0.15, 0.2) is 34.8 Å². The molecule has 0 spiro atoms. The van der Waals surface area contributed by atoms with Gasteiger partial charge in [-0.25, -0.2) is 4.98 Å². The van der Waals surface area contributed by atoms with Gasteiger partial charge in [0.1, 0.15) is 10.3 Å². The van der Waals surface area contributed by atoms with Crippen LogP contribution in [-0.2, 0) is 4.74 Å². The molecule has 142 valence electrons. The van der Waals surface area contributed by atoms with Crippen LogP contribution in [-0.4, -0.2) is 48.8 Å². The van der Waals surface area contributed by atoms with Gasteiger partial charge in [-0.1, -0.05) is 15.9 Å². The minimum atomic E-state index is -0.0674. The number of carbonyl (C=O) groups excluding carboxylic acids is 1. The molecule has 1 saturated heterocycles. The third-order valence-corrected chi connectivity index (χ3v) is 6.18. The third kappa shape index (κ3) is 3.74. The van der Waals surface area contributed by atoms with E-state index < -0.39 is 0 Å². The largest absolute Gasteiger partial charge is 0.376 e. The van der Waals surface area contributed by atoms with Crippen molar-refractivity contribution in [1.29, 1.82) is 0 Å². The summed E-state index contributed by atoms with van der Waals surface area (Å²) in [6.45, 7) is 1.35. The second kappa shape index (κ2) is 7.61. The molecule has 1 aliphatic heterocycles. The Morgan fingerprint density at radius 3 is 2.85 bits per heavy atom. The summed E-state index contributed by atoms with van der Waals surface area (Å²) in [5.41, 5.74) is 1.84.